The van der Waals surface area contributed by atoms with E-state index in [2.05, 4.69) is 17.6 Å². The number of carboxylic acid groups (broad SMARTS) is 1. The summed E-state index contributed by atoms with van der Waals surface area (Å²) in [5, 5.41) is 8.31. The van der Waals surface area contributed by atoms with Crippen LogP contribution in [0.4, 0.5) is 13.2 Å². The lowest BCUT2D eigenvalue weighted by molar-refractivity contribution is -0.136. The number of alkyl halides is 3. The van der Waals surface area contributed by atoms with E-state index in [-0.39, 0.29) is 11.5 Å². The van der Waals surface area contributed by atoms with Crippen LogP contribution < -0.4 is 0 Å². The van der Waals surface area contributed by atoms with Gasteiger partial charge in [0, 0.05) is 0 Å². The summed E-state index contributed by atoms with van der Waals surface area (Å²) < 4.78 is 43.7. The molecule has 1 heterocycles. The lowest BCUT2D eigenvalue weighted by Gasteiger charge is -2.07. The monoisotopic (exact) mass is 291 g/mol. The van der Waals surface area contributed by atoms with Crippen LogP contribution in [0.3, 0.4) is 0 Å². The van der Waals surface area contributed by atoms with E-state index in [1.54, 1.807) is 6.92 Å². The third kappa shape index (κ3) is 2.53. The second-order valence-corrected chi connectivity index (χ2v) is 4.68. The molecule has 2 aromatic rings. The molecule has 4 nitrogen and oxygen atoms in total. The summed E-state index contributed by atoms with van der Waals surface area (Å²) in [4.78, 5) is 14.5. The van der Waals surface area contributed by atoms with Gasteiger partial charge in [-0.3, -0.25) is 0 Å². The predicted octanol–water partition coefficient (Wildman–Crippen LogP) is 3.54. The molecule has 0 aliphatic carbocycles. The Morgan fingerprint density at radius 1 is 1.47 bits per heavy atom. The number of hydrogen-bond acceptors (Lipinski definition) is 4. The number of halogens is 3. The number of aromatic nitrogens is 1. The number of carbonyl (C=O) groups is 1. The zero-order valence-corrected chi connectivity index (χ0v) is 10.4. The summed E-state index contributed by atoms with van der Waals surface area (Å²) in [6.07, 6.45) is -4.71. The van der Waals surface area contributed by atoms with Gasteiger partial charge in [-0.1, -0.05) is 0 Å². The fourth-order valence-corrected chi connectivity index (χ4v) is 1.68. The SMILES string of the molecule is CC(S)c1nc2c(C(F)(F)F)cc(C(=O)O)cc2o1. The van der Waals surface area contributed by atoms with Gasteiger partial charge in [-0.15, -0.1) is 0 Å². The number of rotatable bonds is 2. The highest BCUT2D eigenvalue weighted by molar-refractivity contribution is 7.80. The molecule has 0 amide bonds. The highest BCUT2D eigenvalue weighted by atomic mass is 32.1. The lowest BCUT2D eigenvalue weighted by Crippen LogP contribution is -2.08. The highest BCUT2D eigenvalue weighted by Crippen LogP contribution is 2.36. The van der Waals surface area contributed by atoms with E-state index in [0.29, 0.717) is 6.07 Å². The number of nitrogens with zero attached hydrogens (tertiary/aromatic N) is 1. The largest absolute Gasteiger partial charge is 0.478 e. The Balaban J connectivity index is 2.79. The summed E-state index contributed by atoms with van der Waals surface area (Å²) in [6.45, 7) is 1.58. The molecule has 0 bridgehead atoms. The maximum Gasteiger partial charge on any atom is 0.418 e. The number of thiol groups is 1. The molecule has 102 valence electrons. The smallest absolute Gasteiger partial charge is 0.418 e. The van der Waals surface area contributed by atoms with Crippen molar-refractivity contribution in [3.05, 3.63) is 29.2 Å². The molecular formula is C11H8F3NO3S. The quantitative estimate of drug-likeness (QED) is 0.831. The zero-order valence-electron chi connectivity index (χ0n) is 9.52. The molecule has 19 heavy (non-hydrogen) atoms. The number of hydrogen-bond donors (Lipinski definition) is 2. The standard InChI is InChI=1S/C11H8F3NO3S/c1-4(19)9-15-8-6(11(12,13)14)2-5(10(16)17)3-7(8)18-9/h2-4,19H,1H3,(H,16,17). The summed E-state index contributed by atoms with van der Waals surface area (Å²) >= 11 is 4.02. The van der Waals surface area contributed by atoms with Crippen LogP contribution in [0, 0.1) is 0 Å². The van der Waals surface area contributed by atoms with Gasteiger partial charge in [0.05, 0.1) is 16.4 Å². The first-order valence-corrected chi connectivity index (χ1v) is 5.65. The Labute approximate surface area is 110 Å². The van der Waals surface area contributed by atoms with Gasteiger partial charge >= 0.3 is 12.1 Å². The van der Waals surface area contributed by atoms with Gasteiger partial charge in [0.2, 0.25) is 5.89 Å². The minimum Gasteiger partial charge on any atom is -0.478 e. The van der Waals surface area contributed by atoms with Gasteiger partial charge in [-0.05, 0) is 19.1 Å². The molecule has 1 aromatic heterocycles. The van der Waals surface area contributed by atoms with Gasteiger partial charge < -0.3 is 9.52 Å². The van der Waals surface area contributed by atoms with Crippen LogP contribution in [0.25, 0.3) is 11.1 Å². The second kappa shape index (κ2) is 4.44. The summed E-state index contributed by atoms with van der Waals surface area (Å²) in [5.74, 6) is -1.46. The Kier molecular flexibility index (Phi) is 3.21. The molecule has 2 rings (SSSR count). The number of oxazole rings is 1. The normalized spacial score (nSPS) is 13.7. The average molecular weight is 291 g/mol. The van der Waals surface area contributed by atoms with E-state index in [0.717, 1.165) is 6.07 Å². The van der Waals surface area contributed by atoms with Crippen LogP contribution in [0.1, 0.15) is 34.0 Å². The third-order valence-corrected chi connectivity index (χ3v) is 2.64. The molecule has 8 heteroatoms. The van der Waals surface area contributed by atoms with E-state index in [1.165, 1.54) is 0 Å². The summed E-state index contributed by atoms with van der Waals surface area (Å²) in [7, 11) is 0. The van der Waals surface area contributed by atoms with E-state index in [9.17, 15) is 18.0 Å². The van der Waals surface area contributed by atoms with Crippen molar-refractivity contribution in [2.75, 3.05) is 0 Å². The van der Waals surface area contributed by atoms with E-state index >= 15 is 0 Å². The van der Waals surface area contributed by atoms with Gasteiger partial charge in [0.1, 0.15) is 5.52 Å². The molecule has 0 aliphatic heterocycles. The summed E-state index contributed by atoms with van der Waals surface area (Å²) in [5.41, 5.74) is -2.27. The van der Waals surface area contributed by atoms with Crippen LogP contribution in [0.2, 0.25) is 0 Å². The van der Waals surface area contributed by atoms with Crippen molar-refractivity contribution in [1.29, 1.82) is 0 Å². The third-order valence-electron chi connectivity index (χ3n) is 2.42. The average Bonchev–Trinajstić information content (AvgIpc) is 2.69. The van der Waals surface area contributed by atoms with Crippen molar-refractivity contribution in [2.45, 2.75) is 18.3 Å². The molecule has 0 radical (unpaired) electrons. The van der Waals surface area contributed by atoms with Gasteiger partial charge in [-0.25, -0.2) is 9.78 Å². The molecule has 1 aromatic carbocycles. The van der Waals surface area contributed by atoms with Crippen molar-refractivity contribution < 1.29 is 27.5 Å². The molecular weight excluding hydrogens is 283 g/mol. The van der Waals surface area contributed by atoms with Crippen LogP contribution in [0.5, 0.6) is 0 Å². The molecule has 1 atom stereocenters. The first-order chi connectivity index (χ1) is 8.70. The van der Waals surface area contributed by atoms with E-state index < -0.39 is 34.0 Å². The van der Waals surface area contributed by atoms with E-state index in [1.807, 2.05) is 0 Å². The topological polar surface area (TPSA) is 63.3 Å². The maximum atomic E-state index is 12.9. The lowest BCUT2D eigenvalue weighted by atomic mass is 10.1. The number of benzene rings is 1. The number of fused-ring (bicyclic) bond motifs is 1. The molecule has 0 saturated heterocycles. The molecule has 0 aliphatic rings. The van der Waals surface area contributed by atoms with Gasteiger partial charge in [0.25, 0.3) is 0 Å². The molecule has 0 fully saturated rings. The number of carboxylic acids is 1. The molecule has 0 saturated carbocycles. The van der Waals surface area contributed by atoms with Crippen LogP contribution in [-0.4, -0.2) is 16.1 Å². The molecule has 1 unspecified atom stereocenters. The maximum absolute atomic E-state index is 12.9. The van der Waals surface area contributed by atoms with Crippen molar-refractivity contribution in [3.63, 3.8) is 0 Å². The van der Waals surface area contributed by atoms with Gasteiger partial charge in [0.15, 0.2) is 5.58 Å². The van der Waals surface area contributed by atoms with Crippen LogP contribution in [0.15, 0.2) is 16.5 Å². The second-order valence-electron chi connectivity index (χ2n) is 3.90. The Morgan fingerprint density at radius 2 is 2.11 bits per heavy atom. The Bertz CT molecular complexity index is 648. The minimum absolute atomic E-state index is 0.00590. The van der Waals surface area contributed by atoms with Crippen molar-refractivity contribution >= 4 is 29.7 Å². The minimum atomic E-state index is -4.71. The Hall–Kier alpha value is -1.70. The van der Waals surface area contributed by atoms with Gasteiger partial charge in [-0.2, -0.15) is 25.8 Å². The van der Waals surface area contributed by atoms with Crippen molar-refractivity contribution in [3.8, 4) is 0 Å². The number of aromatic carboxylic acids is 1. The molecule has 0 spiro atoms. The zero-order chi connectivity index (χ0) is 14.4. The highest BCUT2D eigenvalue weighted by Gasteiger charge is 2.35. The van der Waals surface area contributed by atoms with Crippen molar-refractivity contribution in [2.24, 2.45) is 0 Å². The summed E-state index contributed by atoms with van der Waals surface area (Å²) in [6, 6.07) is 1.56. The van der Waals surface area contributed by atoms with Crippen LogP contribution >= 0.6 is 12.6 Å². The first-order valence-electron chi connectivity index (χ1n) is 5.13. The van der Waals surface area contributed by atoms with Crippen molar-refractivity contribution in [1.82, 2.24) is 4.98 Å². The fraction of sp³-hybridized carbons (Fsp3) is 0.273. The fourth-order valence-electron chi connectivity index (χ4n) is 1.56. The van der Waals surface area contributed by atoms with E-state index in [4.69, 9.17) is 9.52 Å². The van der Waals surface area contributed by atoms with Crippen LogP contribution in [-0.2, 0) is 6.18 Å². The Morgan fingerprint density at radius 3 is 2.58 bits per heavy atom. The first kappa shape index (κ1) is 13.7. The molecule has 1 N–H and O–H groups in total. The predicted molar refractivity (Wildman–Crippen MR) is 63.4 cm³/mol.